The van der Waals surface area contributed by atoms with Gasteiger partial charge in [0.1, 0.15) is 6.04 Å². The molecule has 1 aliphatic rings. The van der Waals surface area contributed by atoms with Crippen molar-refractivity contribution in [1.29, 1.82) is 0 Å². The molecule has 2 atom stereocenters. The van der Waals surface area contributed by atoms with Crippen LogP contribution in [0, 0.1) is 11.3 Å². The second kappa shape index (κ2) is 10.6. The molecule has 0 saturated carbocycles. The summed E-state index contributed by atoms with van der Waals surface area (Å²) in [4.78, 5) is 40.2. The van der Waals surface area contributed by atoms with Crippen LogP contribution in [-0.4, -0.2) is 48.9 Å². The lowest BCUT2D eigenvalue weighted by molar-refractivity contribution is -0.137. The fraction of sp³-hybridized carbons (Fsp3) is 0.444. The lowest BCUT2D eigenvalue weighted by atomic mass is 9.70. The molecule has 182 valence electrons. The average molecular weight is 485 g/mol. The molecule has 1 heterocycles. The highest BCUT2D eigenvalue weighted by molar-refractivity contribution is 6.30. The number of nitrogens with zero attached hydrogens (tertiary/aromatic N) is 1. The van der Waals surface area contributed by atoms with Gasteiger partial charge in [-0.15, -0.1) is 0 Å². The van der Waals surface area contributed by atoms with Gasteiger partial charge in [-0.1, -0.05) is 57.5 Å². The molecule has 1 unspecified atom stereocenters. The van der Waals surface area contributed by atoms with E-state index in [1.165, 1.54) is 18.7 Å². The van der Waals surface area contributed by atoms with E-state index >= 15 is 0 Å². The van der Waals surface area contributed by atoms with Crippen LogP contribution in [0.3, 0.4) is 0 Å². The highest BCUT2D eigenvalue weighted by atomic mass is 35.5. The Hall–Kier alpha value is -2.86. The summed E-state index contributed by atoms with van der Waals surface area (Å²) in [5.74, 6) is -0.792. The Kier molecular flexibility index (Phi) is 8.03. The summed E-state index contributed by atoms with van der Waals surface area (Å²) in [5, 5.41) is 3.60. The van der Waals surface area contributed by atoms with Gasteiger partial charge in [-0.25, -0.2) is 4.79 Å². The molecule has 1 N–H and O–H groups in total. The Labute approximate surface area is 206 Å². The van der Waals surface area contributed by atoms with Crippen molar-refractivity contribution in [3.63, 3.8) is 0 Å². The molecule has 0 aromatic heterocycles. The quantitative estimate of drug-likeness (QED) is 0.590. The Bertz CT molecular complexity index is 1050. The normalized spacial score (nSPS) is 18.3. The Morgan fingerprint density at radius 1 is 1.09 bits per heavy atom. The number of methoxy groups -OCH3 is 1. The Morgan fingerprint density at radius 3 is 2.32 bits per heavy atom. The summed E-state index contributed by atoms with van der Waals surface area (Å²) in [6, 6.07) is 13.6. The highest BCUT2D eigenvalue weighted by Gasteiger charge is 2.40. The second-order valence-corrected chi connectivity index (χ2v) is 10.3. The van der Waals surface area contributed by atoms with E-state index in [1.54, 1.807) is 18.2 Å². The van der Waals surface area contributed by atoms with Gasteiger partial charge < -0.3 is 15.0 Å². The van der Waals surface area contributed by atoms with Crippen molar-refractivity contribution in [3.05, 3.63) is 70.2 Å². The van der Waals surface area contributed by atoms with Gasteiger partial charge in [0.15, 0.2) is 0 Å². The van der Waals surface area contributed by atoms with Crippen molar-refractivity contribution in [3.8, 4) is 0 Å². The molecule has 0 spiro atoms. The molecule has 6 nitrogen and oxygen atoms in total. The van der Waals surface area contributed by atoms with Crippen molar-refractivity contribution in [2.75, 3.05) is 20.2 Å². The number of carbonyl (C=O) groups excluding carboxylic acids is 3. The zero-order chi connectivity index (χ0) is 25.0. The third-order valence-electron chi connectivity index (χ3n) is 6.58. The number of likely N-dealkylation sites (tertiary alicyclic amines) is 1. The molecule has 0 radical (unpaired) electrons. The Morgan fingerprint density at radius 2 is 1.74 bits per heavy atom. The molecule has 1 fully saturated rings. The van der Waals surface area contributed by atoms with E-state index in [2.05, 4.69) is 31.3 Å². The third kappa shape index (κ3) is 5.79. The van der Waals surface area contributed by atoms with Gasteiger partial charge in [-0.3, -0.25) is 9.59 Å². The zero-order valence-electron chi connectivity index (χ0n) is 20.4. The van der Waals surface area contributed by atoms with Gasteiger partial charge in [0.2, 0.25) is 5.91 Å². The van der Waals surface area contributed by atoms with Gasteiger partial charge in [-0.05, 0) is 59.6 Å². The molecule has 2 amide bonds. The maximum atomic E-state index is 13.5. The molecular weight excluding hydrogens is 452 g/mol. The molecule has 1 saturated heterocycles. The Balaban J connectivity index is 1.73. The monoisotopic (exact) mass is 484 g/mol. The molecule has 1 aliphatic heterocycles. The fourth-order valence-corrected chi connectivity index (χ4v) is 4.82. The van der Waals surface area contributed by atoms with Crippen molar-refractivity contribution >= 4 is 29.4 Å². The van der Waals surface area contributed by atoms with E-state index in [1.807, 2.05) is 30.9 Å². The summed E-state index contributed by atoms with van der Waals surface area (Å²) >= 11 is 6.06. The number of ether oxygens (including phenoxy) is 1. The van der Waals surface area contributed by atoms with Crippen LogP contribution in [0.1, 0.15) is 66.3 Å². The van der Waals surface area contributed by atoms with Crippen molar-refractivity contribution in [1.82, 2.24) is 10.2 Å². The number of esters is 1. The van der Waals surface area contributed by atoms with Crippen LogP contribution in [0.25, 0.3) is 0 Å². The maximum absolute atomic E-state index is 13.5. The summed E-state index contributed by atoms with van der Waals surface area (Å²) in [7, 11) is 1.29. The van der Waals surface area contributed by atoms with E-state index in [4.69, 9.17) is 16.3 Å². The van der Waals surface area contributed by atoms with Crippen LogP contribution in [0.4, 0.5) is 0 Å². The van der Waals surface area contributed by atoms with Crippen molar-refractivity contribution in [2.24, 2.45) is 11.3 Å². The summed E-state index contributed by atoms with van der Waals surface area (Å²) in [6.45, 7) is 9.39. The molecule has 7 heteroatoms. The van der Waals surface area contributed by atoms with Crippen LogP contribution in [0.2, 0.25) is 5.02 Å². The van der Waals surface area contributed by atoms with Crippen LogP contribution < -0.4 is 5.32 Å². The van der Waals surface area contributed by atoms with Crippen LogP contribution >= 0.6 is 11.6 Å². The average Bonchev–Trinajstić information content (AvgIpc) is 2.81. The van der Waals surface area contributed by atoms with E-state index in [-0.39, 0.29) is 22.8 Å². The first-order chi connectivity index (χ1) is 16.0. The summed E-state index contributed by atoms with van der Waals surface area (Å²) in [5.41, 5.74) is 1.68. The first-order valence-electron chi connectivity index (χ1n) is 11.6. The minimum absolute atomic E-state index is 0.0879. The first kappa shape index (κ1) is 25.8. The second-order valence-electron chi connectivity index (χ2n) is 9.91. The zero-order valence-corrected chi connectivity index (χ0v) is 21.2. The number of piperidine rings is 1. The van der Waals surface area contributed by atoms with Crippen LogP contribution in [0.5, 0.6) is 0 Å². The van der Waals surface area contributed by atoms with Crippen molar-refractivity contribution in [2.45, 2.75) is 46.1 Å². The van der Waals surface area contributed by atoms with E-state index in [0.717, 1.165) is 6.42 Å². The number of hydrogen-bond donors (Lipinski definition) is 1. The number of amides is 2. The molecular formula is C27H33ClN2O4. The number of halogens is 1. The number of benzene rings is 2. The lowest BCUT2D eigenvalue weighted by Crippen LogP contribution is -2.55. The molecule has 3 rings (SSSR count). The van der Waals surface area contributed by atoms with Gasteiger partial charge >= 0.3 is 5.97 Å². The molecule has 2 aromatic rings. The predicted molar refractivity (Wildman–Crippen MR) is 133 cm³/mol. The molecule has 2 aromatic carbocycles. The lowest BCUT2D eigenvalue weighted by Gasteiger charge is -2.45. The van der Waals surface area contributed by atoms with Gasteiger partial charge in [0.25, 0.3) is 5.91 Å². The molecule has 0 bridgehead atoms. The molecule has 34 heavy (non-hydrogen) atoms. The largest absolute Gasteiger partial charge is 0.465 e. The fourth-order valence-electron chi connectivity index (χ4n) is 4.70. The SMILES string of the molecule is COC(=O)c1cccc(C(=O)N[C@@H](C(=O)N2CCC(c3ccc(Cl)cc3)C(C)(C)C2)C(C)C)c1. The minimum atomic E-state index is -0.669. The smallest absolute Gasteiger partial charge is 0.337 e. The highest BCUT2D eigenvalue weighted by Crippen LogP contribution is 2.42. The number of nitrogens with one attached hydrogen (secondary N) is 1. The summed E-state index contributed by atoms with van der Waals surface area (Å²) < 4.78 is 4.74. The third-order valence-corrected chi connectivity index (χ3v) is 6.83. The summed E-state index contributed by atoms with van der Waals surface area (Å²) in [6.07, 6.45) is 0.834. The first-order valence-corrected chi connectivity index (χ1v) is 11.9. The van der Waals surface area contributed by atoms with E-state index < -0.39 is 17.9 Å². The van der Waals surface area contributed by atoms with E-state index in [0.29, 0.717) is 29.6 Å². The van der Waals surface area contributed by atoms with Crippen LogP contribution in [0.15, 0.2) is 48.5 Å². The van der Waals surface area contributed by atoms with E-state index in [9.17, 15) is 14.4 Å². The number of carbonyl (C=O) groups is 3. The number of rotatable bonds is 6. The minimum Gasteiger partial charge on any atom is -0.465 e. The standard InChI is InChI=1S/C27H33ClN2O4/c1-17(2)23(29-24(31)19-7-6-8-20(15-19)26(33)34-5)25(32)30-14-13-22(27(3,4)16-30)18-9-11-21(28)12-10-18/h6-12,15,17,22-23H,13-14,16H2,1-5H3,(H,29,31)/t22?,23-/m1/s1. The van der Waals surface area contributed by atoms with Crippen molar-refractivity contribution < 1.29 is 19.1 Å². The van der Waals surface area contributed by atoms with Gasteiger partial charge in [0, 0.05) is 23.7 Å². The number of hydrogen-bond acceptors (Lipinski definition) is 4. The van der Waals surface area contributed by atoms with Gasteiger partial charge in [-0.2, -0.15) is 0 Å². The topological polar surface area (TPSA) is 75.7 Å². The molecule has 0 aliphatic carbocycles. The van der Waals surface area contributed by atoms with Crippen LogP contribution in [-0.2, 0) is 9.53 Å². The predicted octanol–water partition coefficient (Wildman–Crippen LogP) is 4.92. The maximum Gasteiger partial charge on any atom is 0.337 e. The van der Waals surface area contributed by atoms with Gasteiger partial charge in [0.05, 0.1) is 12.7 Å².